The van der Waals surface area contributed by atoms with Gasteiger partial charge in [0.05, 0.1) is 0 Å². The Bertz CT molecular complexity index is 530. The molecule has 2 nitrogen and oxygen atoms in total. The van der Waals surface area contributed by atoms with Crippen LogP contribution in [-0.2, 0) is 6.42 Å². The van der Waals surface area contributed by atoms with Crippen molar-refractivity contribution in [3.63, 3.8) is 0 Å². The lowest BCUT2D eigenvalue weighted by Gasteiger charge is -2.17. The second-order valence-electron chi connectivity index (χ2n) is 4.40. The lowest BCUT2D eigenvalue weighted by Crippen LogP contribution is -2.25. The second-order valence-corrected chi connectivity index (χ2v) is 4.40. The Morgan fingerprint density at radius 1 is 1.11 bits per heavy atom. The van der Waals surface area contributed by atoms with Crippen LogP contribution < -0.4 is 0 Å². The Morgan fingerprint density at radius 3 is 2.44 bits per heavy atom. The minimum absolute atomic E-state index is 0.656. The number of halogens is 2. The minimum Gasteiger partial charge on any atom is -0.361 e. The van der Waals surface area contributed by atoms with Crippen LogP contribution in [0.1, 0.15) is 19.4 Å². The number of aromatic amines is 1. The molecule has 0 amide bonds. The molecule has 0 saturated carbocycles. The van der Waals surface area contributed by atoms with E-state index in [9.17, 15) is 8.78 Å². The van der Waals surface area contributed by atoms with Crippen LogP contribution in [0, 0.1) is 11.6 Å². The van der Waals surface area contributed by atoms with Crippen molar-refractivity contribution in [1.82, 2.24) is 9.88 Å². The van der Waals surface area contributed by atoms with Gasteiger partial charge in [0.15, 0.2) is 11.6 Å². The molecular weight excluding hydrogens is 234 g/mol. The van der Waals surface area contributed by atoms with Gasteiger partial charge in [-0.1, -0.05) is 13.8 Å². The molecular formula is C14H18F2N2. The maximum absolute atomic E-state index is 13.2. The monoisotopic (exact) mass is 252 g/mol. The molecule has 98 valence electrons. The summed E-state index contributed by atoms with van der Waals surface area (Å²) in [6.45, 7) is 7.17. The second kappa shape index (κ2) is 5.48. The van der Waals surface area contributed by atoms with Crippen molar-refractivity contribution in [3.8, 4) is 0 Å². The Hall–Kier alpha value is -1.42. The van der Waals surface area contributed by atoms with E-state index in [1.807, 2.05) is 6.20 Å². The summed E-state index contributed by atoms with van der Waals surface area (Å²) in [5.74, 6) is -1.59. The number of hydrogen-bond donors (Lipinski definition) is 1. The summed E-state index contributed by atoms with van der Waals surface area (Å²) in [6.07, 6.45) is 2.68. The smallest absolute Gasteiger partial charge is 0.160 e. The summed E-state index contributed by atoms with van der Waals surface area (Å²) in [7, 11) is 0. The van der Waals surface area contributed by atoms with Gasteiger partial charge in [0.1, 0.15) is 0 Å². The van der Waals surface area contributed by atoms with Gasteiger partial charge in [-0.15, -0.1) is 0 Å². The molecule has 0 aliphatic rings. The zero-order valence-corrected chi connectivity index (χ0v) is 10.8. The summed E-state index contributed by atoms with van der Waals surface area (Å²) < 4.78 is 26.3. The van der Waals surface area contributed by atoms with Gasteiger partial charge in [-0.3, -0.25) is 0 Å². The Balaban J connectivity index is 2.21. The average molecular weight is 252 g/mol. The normalized spacial score (nSPS) is 11.6. The van der Waals surface area contributed by atoms with Crippen molar-refractivity contribution in [2.24, 2.45) is 0 Å². The number of likely N-dealkylation sites (N-methyl/N-ethyl adjacent to an activating group) is 1. The largest absolute Gasteiger partial charge is 0.361 e. The number of nitrogens with one attached hydrogen (secondary N) is 1. The van der Waals surface area contributed by atoms with Gasteiger partial charge < -0.3 is 9.88 Å². The van der Waals surface area contributed by atoms with Crippen LogP contribution in [-0.4, -0.2) is 29.5 Å². The fraction of sp³-hybridized carbons (Fsp3) is 0.429. The van der Waals surface area contributed by atoms with Gasteiger partial charge in [0, 0.05) is 29.7 Å². The number of hydrogen-bond acceptors (Lipinski definition) is 1. The van der Waals surface area contributed by atoms with Crippen LogP contribution in [0.5, 0.6) is 0 Å². The number of nitrogens with zero attached hydrogens (tertiary/aromatic N) is 1. The van der Waals surface area contributed by atoms with Crippen LogP contribution in [0.2, 0.25) is 0 Å². The summed E-state index contributed by atoms with van der Waals surface area (Å²) in [6, 6.07) is 2.49. The highest BCUT2D eigenvalue weighted by Gasteiger charge is 2.10. The van der Waals surface area contributed by atoms with Crippen molar-refractivity contribution in [1.29, 1.82) is 0 Å². The maximum atomic E-state index is 13.2. The van der Waals surface area contributed by atoms with Gasteiger partial charge in [-0.2, -0.15) is 0 Å². The predicted molar refractivity (Wildman–Crippen MR) is 69.7 cm³/mol. The van der Waals surface area contributed by atoms with Gasteiger partial charge in [0.25, 0.3) is 0 Å². The highest BCUT2D eigenvalue weighted by atomic mass is 19.2. The molecule has 18 heavy (non-hydrogen) atoms. The summed E-state index contributed by atoms with van der Waals surface area (Å²) in [5.41, 5.74) is 1.69. The molecule has 1 aromatic carbocycles. The first kappa shape index (κ1) is 13.0. The predicted octanol–water partition coefficient (Wildman–Crippen LogP) is 3.33. The molecule has 0 unspecified atom stereocenters. The van der Waals surface area contributed by atoms with E-state index in [0.717, 1.165) is 37.0 Å². The number of benzene rings is 1. The molecule has 0 atom stereocenters. The lowest BCUT2D eigenvalue weighted by atomic mass is 10.1. The zero-order valence-electron chi connectivity index (χ0n) is 10.8. The Labute approximate surface area is 106 Å². The van der Waals surface area contributed by atoms with Crippen molar-refractivity contribution in [2.45, 2.75) is 20.3 Å². The van der Waals surface area contributed by atoms with Crippen LogP contribution in [0.4, 0.5) is 8.78 Å². The number of H-pyrrole nitrogens is 1. The molecule has 1 N–H and O–H groups in total. The highest BCUT2D eigenvalue weighted by Crippen LogP contribution is 2.22. The van der Waals surface area contributed by atoms with Crippen LogP contribution in [0.25, 0.3) is 10.9 Å². The van der Waals surface area contributed by atoms with Gasteiger partial charge in [0.2, 0.25) is 0 Å². The average Bonchev–Trinajstić information content (AvgIpc) is 2.74. The molecule has 2 rings (SSSR count). The third-order valence-electron chi connectivity index (χ3n) is 3.40. The minimum atomic E-state index is -0.806. The van der Waals surface area contributed by atoms with E-state index < -0.39 is 11.6 Å². The molecule has 1 heterocycles. The first-order valence-corrected chi connectivity index (χ1v) is 6.33. The Morgan fingerprint density at radius 2 is 1.78 bits per heavy atom. The number of fused-ring (bicyclic) bond motifs is 1. The first-order chi connectivity index (χ1) is 8.65. The number of aromatic nitrogens is 1. The van der Waals surface area contributed by atoms with Gasteiger partial charge in [-0.25, -0.2) is 8.78 Å². The van der Waals surface area contributed by atoms with Crippen molar-refractivity contribution < 1.29 is 8.78 Å². The SMILES string of the molecule is CCN(CC)CCc1c[nH]c2cc(F)c(F)cc12. The van der Waals surface area contributed by atoms with Crippen molar-refractivity contribution >= 4 is 10.9 Å². The van der Waals surface area contributed by atoms with E-state index in [2.05, 4.69) is 23.7 Å². The molecule has 0 fully saturated rings. The van der Waals surface area contributed by atoms with Crippen LogP contribution in [0.15, 0.2) is 18.3 Å². The zero-order chi connectivity index (χ0) is 13.1. The molecule has 2 aromatic rings. The van der Waals surface area contributed by atoms with Gasteiger partial charge in [-0.05, 0) is 31.1 Å². The summed E-state index contributed by atoms with van der Waals surface area (Å²) in [5, 5.41) is 0.779. The molecule has 0 saturated heterocycles. The standard InChI is InChI=1S/C14H18F2N2/c1-3-18(4-2)6-5-10-9-17-14-8-13(16)12(15)7-11(10)14/h7-9,17H,3-6H2,1-2H3. The molecule has 0 bridgehead atoms. The highest BCUT2D eigenvalue weighted by molar-refractivity contribution is 5.83. The molecule has 4 heteroatoms. The summed E-state index contributed by atoms with van der Waals surface area (Å²) in [4.78, 5) is 5.30. The number of rotatable bonds is 5. The maximum Gasteiger partial charge on any atom is 0.160 e. The first-order valence-electron chi connectivity index (χ1n) is 6.33. The summed E-state index contributed by atoms with van der Waals surface area (Å²) >= 11 is 0. The van der Waals surface area contributed by atoms with Crippen LogP contribution in [0.3, 0.4) is 0 Å². The van der Waals surface area contributed by atoms with Gasteiger partial charge >= 0.3 is 0 Å². The van der Waals surface area contributed by atoms with E-state index in [4.69, 9.17) is 0 Å². The molecule has 0 aliphatic heterocycles. The third kappa shape index (κ3) is 2.53. The fourth-order valence-corrected chi connectivity index (χ4v) is 2.20. The fourth-order valence-electron chi connectivity index (χ4n) is 2.20. The topological polar surface area (TPSA) is 19.0 Å². The van der Waals surface area contributed by atoms with E-state index in [1.54, 1.807) is 0 Å². The van der Waals surface area contributed by atoms with E-state index in [0.29, 0.717) is 5.52 Å². The van der Waals surface area contributed by atoms with E-state index in [1.165, 1.54) is 12.1 Å². The van der Waals surface area contributed by atoms with Crippen molar-refractivity contribution in [3.05, 3.63) is 35.5 Å². The quantitative estimate of drug-likeness (QED) is 0.864. The van der Waals surface area contributed by atoms with E-state index >= 15 is 0 Å². The Kier molecular flexibility index (Phi) is 3.97. The molecule has 0 aliphatic carbocycles. The lowest BCUT2D eigenvalue weighted by molar-refractivity contribution is 0.308. The molecule has 1 aromatic heterocycles. The third-order valence-corrected chi connectivity index (χ3v) is 3.40. The molecule has 0 spiro atoms. The van der Waals surface area contributed by atoms with Crippen molar-refractivity contribution in [2.75, 3.05) is 19.6 Å². The molecule has 0 radical (unpaired) electrons. The van der Waals surface area contributed by atoms with Crippen LogP contribution >= 0.6 is 0 Å². The van der Waals surface area contributed by atoms with E-state index in [-0.39, 0.29) is 0 Å².